The average molecular weight is 442 g/mol. The van der Waals surface area contributed by atoms with E-state index in [-0.39, 0.29) is 23.9 Å². The number of ether oxygens (including phenoxy) is 1. The molecule has 0 radical (unpaired) electrons. The van der Waals surface area contributed by atoms with Gasteiger partial charge >= 0.3 is 6.61 Å². The molecule has 32 heavy (non-hydrogen) atoms. The van der Waals surface area contributed by atoms with Gasteiger partial charge in [0.15, 0.2) is 0 Å². The third-order valence-corrected chi connectivity index (χ3v) is 5.10. The largest absolute Gasteiger partial charge is 0.435 e. The second-order valence-electron chi connectivity index (χ2n) is 7.48. The highest BCUT2D eigenvalue weighted by Gasteiger charge is 2.27. The Morgan fingerprint density at radius 2 is 1.84 bits per heavy atom. The summed E-state index contributed by atoms with van der Waals surface area (Å²) in [6.07, 6.45) is 4.18. The third-order valence-electron chi connectivity index (χ3n) is 5.10. The van der Waals surface area contributed by atoms with Crippen molar-refractivity contribution in [2.24, 2.45) is 0 Å². The Bertz CT molecular complexity index is 1030. The molecule has 0 aliphatic carbocycles. The highest BCUT2D eigenvalue weighted by Crippen LogP contribution is 2.30. The van der Waals surface area contributed by atoms with E-state index >= 15 is 0 Å². The van der Waals surface area contributed by atoms with Gasteiger partial charge in [-0.2, -0.15) is 8.78 Å². The molecule has 1 unspecified atom stereocenters. The second-order valence-corrected chi connectivity index (χ2v) is 7.48. The van der Waals surface area contributed by atoms with Crippen LogP contribution in [0.5, 0.6) is 5.75 Å². The number of aromatic nitrogens is 1. The van der Waals surface area contributed by atoms with E-state index in [4.69, 9.17) is 0 Å². The monoisotopic (exact) mass is 442 g/mol. The molecule has 7 heteroatoms. The number of pyridine rings is 1. The molecule has 168 valence electrons. The molecule has 0 saturated carbocycles. The summed E-state index contributed by atoms with van der Waals surface area (Å²) in [7, 11) is 0. The van der Waals surface area contributed by atoms with Gasteiger partial charge in [0.1, 0.15) is 11.6 Å². The van der Waals surface area contributed by atoms with E-state index in [1.807, 2.05) is 13.0 Å². The fraction of sp³-hybridized carbons (Fsp3) is 0.280. The Morgan fingerprint density at radius 1 is 1.09 bits per heavy atom. The normalized spacial score (nSPS) is 11.9. The standard InChI is InChI=1S/C25H25F3N2O2/c1-3-13-30(23(31)15-18-6-9-21(10-7-18)32-25(27)28)24(20-5-4-12-29-16-20)19-8-11-22(26)17(2)14-19/h4-12,14,16,24-25H,3,13,15H2,1-2H3. The SMILES string of the molecule is CCCN(C(=O)Cc1ccc(OC(F)F)cc1)C(c1cccnc1)c1ccc(F)c(C)c1. The van der Waals surface area contributed by atoms with E-state index < -0.39 is 12.7 Å². The maximum Gasteiger partial charge on any atom is 0.387 e. The number of rotatable bonds is 9. The molecule has 3 rings (SSSR count). The molecule has 0 spiro atoms. The smallest absolute Gasteiger partial charge is 0.387 e. The zero-order valence-electron chi connectivity index (χ0n) is 18.0. The number of nitrogens with zero attached hydrogens (tertiary/aromatic N) is 2. The van der Waals surface area contributed by atoms with Crippen molar-refractivity contribution in [1.82, 2.24) is 9.88 Å². The number of hydrogen-bond donors (Lipinski definition) is 0. The zero-order valence-corrected chi connectivity index (χ0v) is 18.0. The van der Waals surface area contributed by atoms with Crippen LogP contribution in [0.1, 0.15) is 41.6 Å². The van der Waals surface area contributed by atoms with Gasteiger partial charge in [-0.25, -0.2) is 4.39 Å². The molecule has 3 aromatic rings. The van der Waals surface area contributed by atoms with Crippen molar-refractivity contribution in [2.75, 3.05) is 6.54 Å². The van der Waals surface area contributed by atoms with Gasteiger partial charge in [-0.05, 0) is 59.9 Å². The van der Waals surface area contributed by atoms with Gasteiger partial charge in [-0.1, -0.05) is 37.3 Å². The molecule has 0 aliphatic heterocycles. The molecule has 0 fully saturated rings. The minimum atomic E-state index is -2.90. The molecular formula is C25H25F3N2O2. The van der Waals surface area contributed by atoms with Crippen LogP contribution < -0.4 is 4.74 Å². The minimum Gasteiger partial charge on any atom is -0.435 e. The van der Waals surface area contributed by atoms with Crippen molar-refractivity contribution in [2.45, 2.75) is 39.3 Å². The van der Waals surface area contributed by atoms with Crippen LogP contribution in [0.3, 0.4) is 0 Å². The highest BCUT2D eigenvalue weighted by atomic mass is 19.3. The maximum absolute atomic E-state index is 13.9. The van der Waals surface area contributed by atoms with Crippen LogP contribution in [-0.4, -0.2) is 28.9 Å². The summed E-state index contributed by atoms with van der Waals surface area (Å²) >= 11 is 0. The first-order valence-electron chi connectivity index (χ1n) is 10.4. The summed E-state index contributed by atoms with van der Waals surface area (Å²) in [4.78, 5) is 19.3. The van der Waals surface area contributed by atoms with Gasteiger partial charge in [0, 0.05) is 18.9 Å². The lowest BCUT2D eigenvalue weighted by molar-refractivity contribution is -0.132. The number of alkyl halides is 2. The van der Waals surface area contributed by atoms with Crippen molar-refractivity contribution < 1.29 is 22.7 Å². The summed E-state index contributed by atoms with van der Waals surface area (Å²) in [5.74, 6) is -0.403. The number of carbonyl (C=O) groups is 1. The maximum atomic E-state index is 13.9. The molecule has 1 atom stereocenters. The lowest BCUT2D eigenvalue weighted by Gasteiger charge is -2.33. The first-order valence-corrected chi connectivity index (χ1v) is 10.4. The molecule has 1 heterocycles. The highest BCUT2D eigenvalue weighted by molar-refractivity contribution is 5.80. The number of benzene rings is 2. The van der Waals surface area contributed by atoms with E-state index in [1.54, 1.807) is 54.5 Å². The number of aryl methyl sites for hydroxylation is 1. The first kappa shape index (κ1) is 23.3. The Hall–Kier alpha value is -3.35. The number of carbonyl (C=O) groups excluding carboxylic acids is 1. The zero-order chi connectivity index (χ0) is 23.1. The molecule has 0 aliphatic rings. The van der Waals surface area contributed by atoms with Crippen molar-refractivity contribution in [1.29, 1.82) is 0 Å². The van der Waals surface area contributed by atoms with Crippen LogP contribution in [-0.2, 0) is 11.2 Å². The van der Waals surface area contributed by atoms with Crippen LogP contribution >= 0.6 is 0 Å². The van der Waals surface area contributed by atoms with E-state index in [1.165, 1.54) is 18.2 Å². The fourth-order valence-corrected chi connectivity index (χ4v) is 3.63. The van der Waals surface area contributed by atoms with E-state index in [9.17, 15) is 18.0 Å². The van der Waals surface area contributed by atoms with Crippen molar-refractivity contribution in [3.8, 4) is 5.75 Å². The van der Waals surface area contributed by atoms with Crippen LogP contribution in [0.4, 0.5) is 13.2 Å². The third kappa shape index (κ3) is 5.87. The van der Waals surface area contributed by atoms with E-state index in [2.05, 4.69) is 9.72 Å². The molecule has 2 aromatic carbocycles. The van der Waals surface area contributed by atoms with Crippen molar-refractivity contribution >= 4 is 5.91 Å². The number of amides is 1. The first-order chi connectivity index (χ1) is 15.4. The predicted molar refractivity (Wildman–Crippen MR) is 116 cm³/mol. The van der Waals surface area contributed by atoms with Gasteiger partial charge in [-0.3, -0.25) is 9.78 Å². The van der Waals surface area contributed by atoms with Crippen LogP contribution in [0, 0.1) is 12.7 Å². The van der Waals surface area contributed by atoms with Gasteiger partial charge < -0.3 is 9.64 Å². The molecule has 1 amide bonds. The van der Waals surface area contributed by atoms with Crippen molar-refractivity contribution in [3.05, 3.63) is 95.1 Å². The van der Waals surface area contributed by atoms with E-state index in [0.717, 1.165) is 17.5 Å². The average Bonchev–Trinajstić information content (AvgIpc) is 2.77. The predicted octanol–water partition coefficient (Wildman–Crippen LogP) is 5.70. The summed E-state index contributed by atoms with van der Waals surface area (Å²) in [5, 5.41) is 0. The summed E-state index contributed by atoms with van der Waals surface area (Å²) in [6.45, 7) is 1.25. The second kappa shape index (κ2) is 10.8. The quantitative estimate of drug-likeness (QED) is 0.427. The Labute approximate surface area is 185 Å². The molecular weight excluding hydrogens is 417 g/mol. The fourth-order valence-electron chi connectivity index (χ4n) is 3.63. The topological polar surface area (TPSA) is 42.4 Å². The molecule has 0 saturated heterocycles. The van der Waals surface area contributed by atoms with Gasteiger partial charge in [0.05, 0.1) is 12.5 Å². The Balaban J connectivity index is 1.92. The summed E-state index contributed by atoms with van der Waals surface area (Å²) in [6, 6.07) is 14.1. The van der Waals surface area contributed by atoms with Crippen LogP contribution in [0.15, 0.2) is 67.0 Å². The Kier molecular flexibility index (Phi) is 7.87. The van der Waals surface area contributed by atoms with Gasteiger partial charge in [0.25, 0.3) is 0 Å². The van der Waals surface area contributed by atoms with Gasteiger partial charge in [0.2, 0.25) is 5.91 Å². The summed E-state index contributed by atoms with van der Waals surface area (Å²) in [5.41, 5.74) is 2.79. The molecule has 0 bridgehead atoms. The molecule has 1 aromatic heterocycles. The molecule has 0 N–H and O–H groups in total. The molecule has 4 nitrogen and oxygen atoms in total. The minimum absolute atomic E-state index is 0.0386. The van der Waals surface area contributed by atoms with E-state index in [0.29, 0.717) is 17.7 Å². The van der Waals surface area contributed by atoms with Crippen molar-refractivity contribution in [3.63, 3.8) is 0 Å². The lowest BCUT2D eigenvalue weighted by atomic mass is 9.95. The van der Waals surface area contributed by atoms with Gasteiger partial charge in [-0.15, -0.1) is 0 Å². The van der Waals surface area contributed by atoms with Crippen LogP contribution in [0.25, 0.3) is 0 Å². The Morgan fingerprint density at radius 3 is 2.44 bits per heavy atom. The number of halogens is 3. The van der Waals surface area contributed by atoms with Crippen LogP contribution in [0.2, 0.25) is 0 Å². The number of hydrogen-bond acceptors (Lipinski definition) is 3. The summed E-state index contributed by atoms with van der Waals surface area (Å²) < 4.78 is 43.0. The lowest BCUT2D eigenvalue weighted by Crippen LogP contribution is -2.37.